The van der Waals surface area contributed by atoms with Gasteiger partial charge in [-0.25, -0.2) is 0 Å². The van der Waals surface area contributed by atoms with Gasteiger partial charge < -0.3 is 9.84 Å². The molecule has 23 heavy (non-hydrogen) atoms. The smallest absolute Gasteiger partial charge is 0.303 e. The van der Waals surface area contributed by atoms with E-state index in [9.17, 15) is 4.79 Å². The predicted octanol–water partition coefficient (Wildman–Crippen LogP) is 4.84. The maximum absolute atomic E-state index is 10.5. The molecule has 3 heteroatoms. The molecule has 0 spiro atoms. The summed E-state index contributed by atoms with van der Waals surface area (Å²) in [6, 6.07) is 18.3. The van der Waals surface area contributed by atoms with Crippen LogP contribution in [0.1, 0.15) is 43.2 Å². The molecule has 2 rings (SSSR count). The lowest BCUT2D eigenvalue weighted by atomic mass is 10.0. The third-order valence-electron chi connectivity index (χ3n) is 3.80. The van der Waals surface area contributed by atoms with E-state index < -0.39 is 5.97 Å². The molecule has 0 bridgehead atoms. The Kier molecular flexibility index (Phi) is 7.18. The molecule has 0 heterocycles. The quantitative estimate of drug-likeness (QED) is 0.638. The lowest BCUT2D eigenvalue weighted by molar-refractivity contribution is -0.137. The van der Waals surface area contributed by atoms with Crippen molar-refractivity contribution in [2.75, 3.05) is 0 Å². The first-order valence-electron chi connectivity index (χ1n) is 8.22. The van der Waals surface area contributed by atoms with Gasteiger partial charge in [-0.15, -0.1) is 0 Å². The van der Waals surface area contributed by atoms with Crippen LogP contribution in [0.15, 0.2) is 54.6 Å². The summed E-state index contributed by atoms with van der Waals surface area (Å²) in [5.74, 6) is 0.242. The van der Waals surface area contributed by atoms with Crippen molar-refractivity contribution in [3.63, 3.8) is 0 Å². The summed E-state index contributed by atoms with van der Waals surface area (Å²) in [7, 11) is 0. The first-order chi connectivity index (χ1) is 11.3. The van der Waals surface area contributed by atoms with Gasteiger partial charge >= 0.3 is 5.97 Å². The van der Waals surface area contributed by atoms with Crippen LogP contribution < -0.4 is 4.74 Å². The van der Waals surface area contributed by atoms with Gasteiger partial charge in [-0.3, -0.25) is 4.79 Å². The number of aryl methyl sites for hydroxylation is 1. The Bertz CT molecular complexity index is 593. The molecule has 1 N–H and O–H groups in total. The van der Waals surface area contributed by atoms with Gasteiger partial charge in [0.1, 0.15) is 12.4 Å². The molecule has 0 aromatic heterocycles. The third kappa shape index (κ3) is 6.55. The van der Waals surface area contributed by atoms with Crippen molar-refractivity contribution >= 4 is 5.97 Å². The van der Waals surface area contributed by atoms with E-state index in [1.807, 2.05) is 36.4 Å². The van der Waals surface area contributed by atoms with E-state index in [-0.39, 0.29) is 6.42 Å². The van der Waals surface area contributed by atoms with Crippen molar-refractivity contribution in [1.82, 2.24) is 0 Å². The van der Waals surface area contributed by atoms with Crippen LogP contribution in [0.3, 0.4) is 0 Å². The zero-order chi connectivity index (χ0) is 16.3. The zero-order valence-corrected chi connectivity index (χ0v) is 13.4. The highest BCUT2D eigenvalue weighted by atomic mass is 16.5. The van der Waals surface area contributed by atoms with Crippen molar-refractivity contribution in [2.24, 2.45) is 0 Å². The maximum Gasteiger partial charge on any atom is 0.303 e. The average molecular weight is 312 g/mol. The predicted molar refractivity (Wildman–Crippen MR) is 91.6 cm³/mol. The van der Waals surface area contributed by atoms with E-state index in [0.717, 1.165) is 43.4 Å². The van der Waals surface area contributed by atoms with Crippen LogP contribution in [-0.4, -0.2) is 11.1 Å². The summed E-state index contributed by atoms with van der Waals surface area (Å²) >= 11 is 0. The Morgan fingerprint density at radius 3 is 2.35 bits per heavy atom. The molecule has 0 atom stereocenters. The minimum atomic E-state index is -0.704. The third-order valence-corrected chi connectivity index (χ3v) is 3.80. The van der Waals surface area contributed by atoms with Gasteiger partial charge in [0.15, 0.2) is 0 Å². The van der Waals surface area contributed by atoms with Crippen LogP contribution in [0.5, 0.6) is 5.75 Å². The Morgan fingerprint density at radius 2 is 1.57 bits per heavy atom. The van der Waals surface area contributed by atoms with Crippen molar-refractivity contribution in [3.05, 3.63) is 65.7 Å². The standard InChI is InChI=1S/C20H24O3/c21-20(22)15-7-2-1-6-12-18-13-8-9-14-19(18)23-16-17-10-4-3-5-11-17/h3-5,8-11,13-14H,1-2,6-7,12,15-16H2,(H,21,22). The number of carboxylic acids is 1. The second-order valence-electron chi connectivity index (χ2n) is 5.69. The Balaban J connectivity index is 1.77. The molecule has 2 aromatic rings. The molecule has 0 saturated carbocycles. The Hall–Kier alpha value is -2.29. The fourth-order valence-electron chi connectivity index (χ4n) is 2.53. The normalized spacial score (nSPS) is 10.4. The summed E-state index contributed by atoms with van der Waals surface area (Å²) in [4.78, 5) is 10.5. The van der Waals surface area contributed by atoms with Gasteiger partial charge in [0, 0.05) is 6.42 Å². The van der Waals surface area contributed by atoms with Gasteiger partial charge in [0.2, 0.25) is 0 Å². The first-order valence-corrected chi connectivity index (χ1v) is 8.22. The fourth-order valence-corrected chi connectivity index (χ4v) is 2.53. The molecule has 0 saturated heterocycles. The number of hydrogen-bond acceptors (Lipinski definition) is 2. The Labute approximate surface area is 137 Å². The molecule has 0 aliphatic heterocycles. The van der Waals surface area contributed by atoms with E-state index in [1.165, 1.54) is 5.56 Å². The van der Waals surface area contributed by atoms with E-state index in [4.69, 9.17) is 9.84 Å². The highest BCUT2D eigenvalue weighted by Gasteiger charge is 2.04. The molecule has 2 aromatic carbocycles. The van der Waals surface area contributed by atoms with Gasteiger partial charge in [-0.2, -0.15) is 0 Å². The van der Waals surface area contributed by atoms with Gasteiger partial charge in [-0.05, 0) is 36.5 Å². The number of para-hydroxylation sites is 1. The van der Waals surface area contributed by atoms with Gasteiger partial charge in [0.05, 0.1) is 0 Å². The lowest BCUT2D eigenvalue weighted by Gasteiger charge is -2.11. The number of aliphatic carboxylic acids is 1. The minimum absolute atomic E-state index is 0.275. The number of carboxylic acid groups (broad SMARTS) is 1. The van der Waals surface area contributed by atoms with E-state index in [1.54, 1.807) is 0 Å². The van der Waals surface area contributed by atoms with Crippen LogP contribution >= 0.6 is 0 Å². The van der Waals surface area contributed by atoms with Crippen molar-refractivity contribution in [3.8, 4) is 5.75 Å². The SMILES string of the molecule is O=C(O)CCCCCCc1ccccc1OCc1ccccc1. The highest BCUT2D eigenvalue weighted by Crippen LogP contribution is 2.22. The molecule has 3 nitrogen and oxygen atoms in total. The first kappa shape index (κ1) is 17.1. The van der Waals surface area contributed by atoms with E-state index in [2.05, 4.69) is 18.2 Å². The topological polar surface area (TPSA) is 46.5 Å². The fraction of sp³-hybridized carbons (Fsp3) is 0.350. The number of hydrogen-bond donors (Lipinski definition) is 1. The summed E-state index contributed by atoms with van der Waals surface area (Å²) in [5, 5.41) is 8.62. The molecule has 0 fully saturated rings. The molecule has 0 aliphatic rings. The van der Waals surface area contributed by atoms with Crippen LogP contribution in [0, 0.1) is 0 Å². The van der Waals surface area contributed by atoms with Crippen LogP contribution in [0.25, 0.3) is 0 Å². The monoisotopic (exact) mass is 312 g/mol. The molecule has 0 radical (unpaired) electrons. The molecule has 0 unspecified atom stereocenters. The van der Waals surface area contributed by atoms with E-state index >= 15 is 0 Å². The summed E-state index contributed by atoms with van der Waals surface area (Å²) in [6.45, 7) is 0.580. The van der Waals surface area contributed by atoms with Crippen molar-refractivity contribution < 1.29 is 14.6 Å². The molecular formula is C20H24O3. The average Bonchev–Trinajstić information content (AvgIpc) is 2.57. The number of unbranched alkanes of at least 4 members (excludes halogenated alkanes) is 3. The molecule has 0 amide bonds. The Morgan fingerprint density at radius 1 is 0.870 bits per heavy atom. The molecule has 122 valence electrons. The zero-order valence-electron chi connectivity index (χ0n) is 13.4. The van der Waals surface area contributed by atoms with Gasteiger partial charge in [0.25, 0.3) is 0 Å². The van der Waals surface area contributed by atoms with Gasteiger partial charge in [-0.1, -0.05) is 61.4 Å². The van der Waals surface area contributed by atoms with Crippen LogP contribution in [-0.2, 0) is 17.8 Å². The number of ether oxygens (including phenoxy) is 1. The number of carbonyl (C=O) groups is 1. The number of rotatable bonds is 10. The molecular weight excluding hydrogens is 288 g/mol. The van der Waals surface area contributed by atoms with Crippen molar-refractivity contribution in [1.29, 1.82) is 0 Å². The highest BCUT2D eigenvalue weighted by molar-refractivity contribution is 5.66. The van der Waals surface area contributed by atoms with Crippen LogP contribution in [0.4, 0.5) is 0 Å². The largest absolute Gasteiger partial charge is 0.489 e. The van der Waals surface area contributed by atoms with Crippen LogP contribution in [0.2, 0.25) is 0 Å². The second kappa shape index (κ2) is 9.67. The maximum atomic E-state index is 10.5. The number of benzene rings is 2. The minimum Gasteiger partial charge on any atom is -0.489 e. The second-order valence-corrected chi connectivity index (χ2v) is 5.69. The summed E-state index contributed by atoms with van der Waals surface area (Å²) in [6.07, 6.45) is 5.10. The van der Waals surface area contributed by atoms with E-state index in [0.29, 0.717) is 6.61 Å². The molecule has 0 aliphatic carbocycles. The summed E-state index contributed by atoms with van der Waals surface area (Å²) < 4.78 is 5.96. The summed E-state index contributed by atoms with van der Waals surface area (Å²) in [5.41, 5.74) is 2.39. The lowest BCUT2D eigenvalue weighted by Crippen LogP contribution is -1.99. The van der Waals surface area contributed by atoms with Crippen molar-refractivity contribution in [2.45, 2.75) is 45.1 Å².